The Morgan fingerprint density at radius 2 is 1.48 bits per heavy atom. The quantitative estimate of drug-likeness (QED) is 0.667. The molecule has 0 radical (unpaired) electrons. The number of piperidine rings is 1. The third kappa shape index (κ3) is 5.66. The van der Waals surface area contributed by atoms with Gasteiger partial charge in [0.2, 0.25) is 10.0 Å². The van der Waals surface area contributed by atoms with Gasteiger partial charge in [-0.1, -0.05) is 42.5 Å². The maximum absolute atomic E-state index is 12.8. The number of sulfonamides is 1. The Balaban J connectivity index is 1.61. The summed E-state index contributed by atoms with van der Waals surface area (Å²) in [5.41, 5.74) is 1.96. The van der Waals surface area contributed by atoms with Gasteiger partial charge in [0.15, 0.2) is 0 Å². The predicted molar refractivity (Wildman–Crippen MR) is 115 cm³/mol. The van der Waals surface area contributed by atoms with Gasteiger partial charge in [0.1, 0.15) is 9.84 Å². The van der Waals surface area contributed by atoms with E-state index in [2.05, 4.69) is 4.90 Å². The fourth-order valence-corrected chi connectivity index (χ4v) is 5.85. The van der Waals surface area contributed by atoms with E-state index in [-0.39, 0.29) is 10.1 Å². The Morgan fingerprint density at radius 1 is 0.897 bits per heavy atom. The molecular formula is C21H28N2O4S2. The molecule has 0 spiro atoms. The molecule has 1 heterocycles. The lowest BCUT2D eigenvalue weighted by atomic mass is 10.1. The summed E-state index contributed by atoms with van der Waals surface area (Å²) in [5, 5.41) is -0.244. The molecule has 6 nitrogen and oxygen atoms in total. The van der Waals surface area contributed by atoms with Crippen LogP contribution in [0.2, 0.25) is 0 Å². The van der Waals surface area contributed by atoms with Crippen LogP contribution in [0.5, 0.6) is 0 Å². The third-order valence-corrected chi connectivity index (χ3v) is 8.93. The van der Waals surface area contributed by atoms with Crippen LogP contribution in [0.3, 0.4) is 0 Å². The Hall–Kier alpha value is -1.74. The summed E-state index contributed by atoms with van der Waals surface area (Å²) >= 11 is 0. The van der Waals surface area contributed by atoms with Gasteiger partial charge >= 0.3 is 0 Å². The highest BCUT2D eigenvalue weighted by atomic mass is 32.2. The Labute approximate surface area is 174 Å². The lowest BCUT2D eigenvalue weighted by molar-refractivity contribution is 0.222. The smallest absolute Gasteiger partial charge is 0.243 e. The first-order valence-corrected chi connectivity index (χ1v) is 13.1. The second-order valence-electron chi connectivity index (χ2n) is 7.70. The second kappa shape index (κ2) is 8.95. The van der Waals surface area contributed by atoms with Crippen molar-refractivity contribution in [3.8, 4) is 0 Å². The molecule has 8 heteroatoms. The van der Waals surface area contributed by atoms with E-state index < -0.39 is 19.9 Å². The molecule has 0 unspecified atom stereocenters. The van der Waals surface area contributed by atoms with E-state index in [1.165, 1.54) is 10.6 Å². The first-order chi connectivity index (χ1) is 13.7. The van der Waals surface area contributed by atoms with Gasteiger partial charge < -0.3 is 0 Å². The standard InChI is InChI=1S/C21H28N2O4S2/c1-22(16-18-6-4-3-5-7-18)29(26,27)21-10-8-19(9-11-21)17-23-14-12-20(13-15-23)28(2,24)25/h3-11,20H,12-17H2,1-2H3. The van der Waals surface area contributed by atoms with Crippen molar-refractivity contribution in [2.24, 2.45) is 0 Å². The van der Waals surface area contributed by atoms with Crippen molar-refractivity contribution in [2.45, 2.75) is 36.1 Å². The van der Waals surface area contributed by atoms with Crippen LogP contribution in [0.25, 0.3) is 0 Å². The zero-order valence-corrected chi connectivity index (χ0v) is 18.5. The largest absolute Gasteiger partial charge is 0.299 e. The van der Waals surface area contributed by atoms with Crippen molar-refractivity contribution in [3.63, 3.8) is 0 Å². The second-order valence-corrected chi connectivity index (χ2v) is 12.1. The third-order valence-electron chi connectivity index (χ3n) is 5.43. The molecule has 0 N–H and O–H groups in total. The molecule has 0 aromatic heterocycles. The number of nitrogens with zero attached hydrogens (tertiary/aromatic N) is 2. The van der Waals surface area contributed by atoms with Crippen molar-refractivity contribution in [1.29, 1.82) is 0 Å². The predicted octanol–water partition coefficient (Wildman–Crippen LogP) is 2.52. The van der Waals surface area contributed by atoms with Crippen molar-refractivity contribution >= 4 is 19.9 Å². The zero-order valence-electron chi connectivity index (χ0n) is 16.9. The van der Waals surface area contributed by atoms with Gasteiger partial charge in [0.05, 0.1) is 10.1 Å². The topological polar surface area (TPSA) is 74.8 Å². The summed E-state index contributed by atoms with van der Waals surface area (Å²) in [6.45, 7) is 2.48. The molecule has 1 aliphatic heterocycles. The molecule has 1 fully saturated rings. The first kappa shape index (κ1) is 22.0. The molecule has 0 atom stereocenters. The molecule has 0 saturated carbocycles. The summed E-state index contributed by atoms with van der Waals surface area (Å²) in [6.07, 6.45) is 2.60. The van der Waals surface area contributed by atoms with Crippen molar-refractivity contribution < 1.29 is 16.8 Å². The summed E-state index contributed by atoms with van der Waals surface area (Å²) in [7, 11) is -4.95. The van der Waals surface area contributed by atoms with Crippen LogP contribution in [0.15, 0.2) is 59.5 Å². The van der Waals surface area contributed by atoms with Crippen molar-refractivity contribution in [3.05, 3.63) is 65.7 Å². The fraction of sp³-hybridized carbons (Fsp3) is 0.429. The number of sulfone groups is 1. The average molecular weight is 437 g/mol. The Kier molecular flexibility index (Phi) is 6.78. The number of benzene rings is 2. The van der Waals surface area contributed by atoms with E-state index in [0.29, 0.717) is 25.9 Å². The molecule has 0 bridgehead atoms. The molecule has 1 aliphatic rings. The van der Waals surface area contributed by atoms with Gasteiger partial charge in [-0.15, -0.1) is 0 Å². The van der Waals surface area contributed by atoms with E-state index in [0.717, 1.165) is 24.2 Å². The molecule has 0 amide bonds. The van der Waals surface area contributed by atoms with E-state index in [4.69, 9.17) is 0 Å². The molecular weight excluding hydrogens is 408 g/mol. The van der Waals surface area contributed by atoms with Crippen LogP contribution in [0, 0.1) is 0 Å². The maximum Gasteiger partial charge on any atom is 0.243 e. The highest BCUT2D eigenvalue weighted by Gasteiger charge is 2.26. The van der Waals surface area contributed by atoms with Crippen LogP contribution in [-0.2, 0) is 33.0 Å². The van der Waals surface area contributed by atoms with Crippen molar-refractivity contribution in [2.75, 3.05) is 26.4 Å². The van der Waals surface area contributed by atoms with Gasteiger partial charge in [0, 0.05) is 26.4 Å². The minimum Gasteiger partial charge on any atom is -0.299 e. The molecule has 158 valence electrons. The lowest BCUT2D eigenvalue weighted by Gasteiger charge is -2.31. The van der Waals surface area contributed by atoms with Crippen molar-refractivity contribution in [1.82, 2.24) is 9.21 Å². The molecule has 2 aromatic rings. The number of rotatable bonds is 7. The van der Waals surface area contributed by atoms with Gasteiger partial charge in [-0.25, -0.2) is 16.8 Å². The van der Waals surface area contributed by atoms with E-state index in [1.54, 1.807) is 19.2 Å². The van der Waals surface area contributed by atoms with Crippen LogP contribution in [-0.4, -0.2) is 57.7 Å². The lowest BCUT2D eigenvalue weighted by Crippen LogP contribution is -2.38. The molecule has 0 aliphatic carbocycles. The maximum atomic E-state index is 12.8. The molecule has 2 aromatic carbocycles. The number of hydrogen-bond donors (Lipinski definition) is 0. The van der Waals surface area contributed by atoms with Crippen LogP contribution >= 0.6 is 0 Å². The summed E-state index contributed by atoms with van der Waals surface area (Å²) in [4.78, 5) is 2.49. The highest BCUT2D eigenvalue weighted by Crippen LogP contribution is 2.21. The fourth-order valence-electron chi connectivity index (χ4n) is 3.63. The summed E-state index contributed by atoms with van der Waals surface area (Å²) in [6, 6.07) is 16.5. The SMILES string of the molecule is CN(Cc1ccccc1)S(=O)(=O)c1ccc(CN2CCC(S(C)(=O)=O)CC2)cc1. The first-order valence-electron chi connectivity index (χ1n) is 9.67. The van der Waals surface area contributed by atoms with Gasteiger partial charge in [-0.2, -0.15) is 4.31 Å². The van der Waals surface area contributed by atoms with E-state index in [1.807, 2.05) is 42.5 Å². The van der Waals surface area contributed by atoms with Crippen LogP contribution in [0.4, 0.5) is 0 Å². The molecule has 29 heavy (non-hydrogen) atoms. The van der Waals surface area contributed by atoms with E-state index >= 15 is 0 Å². The summed E-state index contributed by atoms with van der Waals surface area (Å²) in [5.74, 6) is 0. The van der Waals surface area contributed by atoms with Crippen LogP contribution < -0.4 is 0 Å². The van der Waals surface area contributed by atoms with Gasteiger partial charge in [-0.3, -0.25) is 4.90 Å². The number of hydrogen-bond acceptors (Lipinski definition) is 5. The van der Waals surface area contributed by atoms with Gasteiger partial charge in [-0.05, 0) is 49.2 Å². The normalized spacial score (nSPS) is 16.9. The monoisotopic (exact) mass is 436 g/mol. The molecule has 1 saturated heterocycles. The van der Waals surface area contributed by atoms with Crippen LogP contribution in [0.1, 0.15) is 24.0 Å². The number of likely N-dealkylation sites (tertiary alicyclic amines) is 1. The minimum atomic E-state index is -3.56. The van der Waals surface area contributed by atoms with E-state index in [9.17, 15) is 16.8 Å². The average Bonchev–Trinajstić information content (AvgIpc) is 2.69. The highest BCUT2D eigenvalue weighted by molar-refractivity contribution is 7.91. The molecule has 3 rings (SSSR count). The Bertz CT molecular complexity index is 1010. The van der Waals surface area contributed by atoms with Gasteiger partial charge in [0.25, 0.3) is 0 Å². The summed E-state index contributed by atoms with van der Waals surface area (Å²) < 4.78 is 50.4. The Morgan fingerprint density at radius 3 is 2.03 bits per heavy atom. The minimum absolute atomic E-state index is 0.244. The zero-order chi connectivity index (χ0) is 21.1.